The fraction of sp³-hybridized carbons (Fsp3) is 0.438. The number of hydrogen-bond donors (Lipinski definition) is 1. The summed E-state index contributed by atoms with van der Waals surface area (Å²) >= 11 is 6.15. The highest BCUT2D eigenvalue weighted by Crippen LogP contribution is 2.29. The molecule has 0 aliphatic heterocycles. The molecule has 2 aromatic heterocycles. The summed E-state index contributed by atoms with van der Waals surface area (Å²) in [5.74, 6) is -0.0815. The SMILES string of the molecule is CCN(CC(C)(C)O)c1cnn(-c2ccc(C(F)(F)F)cn2)c(=O)c1Cl. The molecule has 0 aliphatic carbocycles. The number of pyridine rings is 1. The van der Waals surface area contributed by atoms with Crippen molar-refractivity contribution in [2.75, 3.05) is 18.0 Å². The van der Waals surface area contributed by atoms with Crippen LogP contribution >= 0.6 is 11.6 Å². The molecule has 2 aromatic rings. The maximum Gasteiger partial charge on any atom is 0.417 e. The van der Waals surface area contributed by atoms with Crippen LogP contribution in [0.3, 0.4) is 0 Å². The summed E-state index contributed by atoms with van der Waals surface area (Å²) in [6.07, 6.45) is -2.58. The molecule has 2 rings (SSSR count). The maximum atomic E-state index is 12.6. The molecular weight excluding hydrogens is 373 g/mol. The second kappa shape index (κ2) is 7.24. The standard InChI is InChI=1S/C16H18ClF3N4O2/c1-4-23(9-15(2,3)26)11-8-22-24(14(25)13(11)17)12-6-5-10(7-21-12)16(18,19)20/h5-8,26H,4,9H2,1-3H3. The van der Waals surface area contributed by atoms with Crippen molar-refractivity contribution < 1.29 is 18.3 Å². The zero-order chi connectivity index (χ0) is 19.7. The van der Waals surface area contributed by atoms with Crippen LogP contribution in [0.25, 0.3) is 5.82 Å². The number of rotatable bonds is 5. The third kappa shape index (κ3) is 4.53. The summed E-state index contributed by atoms with van der Waals surface area (Å²) in [4.78, 5) is 17.8. The lowest BCUT2D eigenvalue weighted by molar-refractivity contribution is -0.137. The van der Waals surface area contributed by atoms with E-state index in [1.165, 1.54) is 6.20 Å². The largest absolute Gasteiger partial charge is 0.417 e. The lowest BCUT2D eigenvalue weighted by Gasteiger charge is -2.30. The minimum Gasteiger partial charge on any atom is -0.389 e. The zero-order valence-electron chi connectivity index (χ0n) is 14.4. The quantitative estimate of drug-likeness (QED) is 0.850. The second-order valence-corrected chi connectivity index (χ2v) is 6.67. The van der Waals surface area contributed by atoms with Gasteiger partial charge < -0.3 is 10.0 Å². The van der Waals surface area contributed by atoms with Gasteiger partial charge in [0.2, 0.25) is 0 Å². The molecule has 0 saturated heterocycles. The molecule has 6 nitrogen and oxygen atoms in total. The van der Waals surface area contributed by atoms with Crippen molar-refractivity contribution in [3.05, 3.63) is 45.5 Å². The number of hydrogen-bond acceptors (Lipinski definition) is 5. The summed E-state index contributed by atoms with van der Waals surface area (Å²) in [5.41, 5.74) is -2.35. The first-order valence-corrected chi connectivity index (χ1v) is 8.10. The summed E-state index contributed by atoms with van der Waals surface area (Å²) in [5, 5.41) is 13.8. The Hall–Kier alpha value is -2.13. The number of aliphatic hydroxyl groups is 1. The van der Waals surface area contributed by atoms with Gasteiger partial charge in [0.05, 0.1) is 23.0 Å². The summed E-state index contributed by atoms with van der Waals surface area (Å²) < 4.78 is 38.7. The number of nitrogens with zero attached hydrogens (tertiary/aromatic N) is 4. The van der Waals surface area contributed by atoms with E-state index < -0.39 is 22.9 Å². The van der Waals surface area contributed by atoms with E-state index in [1.54, 1.807) is 18.7 Å². The van der Waals surface area contributed by atoms with Gasteiger partial charge in [-0.2, -0.15) is 23.0 Å². The number of alkyl halides is 3. The van der Waals surface area contributed by atoms with Crippen molar-refractivity contribution in [3.63, 3.8) is 0 Å². The zero-order valence-corrected chi connectivity index (χ0v) is 15.1. The molecule has 0 fully saturated rings. The highest BCUT2D eigenvalue weighted by molar-refractivity contribution is 6.33. The Labute approximate surface area is 152 Å². The van der Waals surface area contributed by atoms with Gasteiger partial charge >= 0.3 is 6.18 Å². The maximum absolute atomic E-state index is 12.6. The molecule has 26 heavy (non-hydrogen) atoms. The Kier molecular flexibility index (Phi) is 5.62. The molecule has 0 bridgehead atoms. The Bertz CT molecular complexity index is 829. The van der Waals surface area contributed by atoms with Crippen LogP contribution in [0.5, 0.6) is 0 Å². The van der Waals surface area contributed by atoms with Crippen LogP contribution in [0.1, 0.15) is 26.3 Å². The van der Waals surface area contributed by atoms with Gasteiger partial charge in [-0.25, -0.2) is 4.98 Å². The van der Waals surface area contributed by atoms with Gasteiger partial charge in [0.25, 0.3) is 5.56 Å². The molecule has 0 aromatic carbocycles. The lowest BCUT2D eigenvalue weighted by atomic mass is 10.1. The minimum atomic E-state index is -4.52. The van der Waals surface area contributed by atoms with Crippen LogP contribution in [0.15, 0.2) is 29.3 Å². The van der Waals surface area contributed by atoms with E-state index in [-0.39, 0.29) is 17.4 Å². The van der Waals surface area contributed by atoms with Crippen molar-refractivity contribution >= 4 is 17.3 Å². The molecular formula is C16H18ClF3N4O2. The highest BCUT2D eigenvalue weighted by Gasteiger charge is 2.31. The van der Waals surface area contributed by atoms with Crippen LogP contribution < -0.4 is 10.5 Å². The monoisotopic (exact) mass is 390 g/mol. The van der Waals surface area contributed by atoms with E-state index in [4.69, 9.17) is 11.6 Å². The van der Waals surface area contributed by atoms with Crippen LogP contribution in [0.4, 0.5) is 18.9 Å². The Balaban J connectivity index is 2.42. The fourth-order valence-corrected chi connectivity index (χ4v) is 2.57. The predicted molar refractivity (Wildman–Crippen MR) is 91.8 cm³/mol. The normalized spacial score (nSPS) is 12.3. The number of likely N-dealkylation sites (N-methyl/N-ethyl adjacent to an activating group) is 1. The van der Waals surface area contributed by atoms with Crippen LogP contribution in [-0.2, 0) is 6.18 Å². The van der Waals surface area contributed by atoms with Crippen molar-refractivity contribution in [3.8, 4) is 5.82 Å². The Morgan fingerprint density at radius 2 is 1.92 bits per heavy atom. The fourth-order valence-electron chi connectivity index (χ4n) is 2.32. The van der Waals surface area contributed by atoms with Gasteiger partial charge in [-0.1, -0.05) is 11.6 Å². The third-order valence-corrected chi connectivity index (χ3v) is 3.85. The Morgan fingerprint density at radius 3 is 2.38 bits per heavy atom. The van der Waals surface area contributed by atoms with Gasteiger partial charge in [0, 0.05) is 19.3 Å². The molecule has 0 spiro atoms. The minimum absolute atomic E-state index is 0.0815. The second-order valence-electron chi connectivity index (χ2n) is 6.29. The molecule has 142 valence electrons. The first-order chi connectivity index (χ1) is 11.9. The number of aromatic nitrogens is 3. The van der Waals surface area contributed by atoms with Gasteiger partial charge in [-0.3, -0.25) is 4.79 Å². The average molecular weight is 391 g/mol. The smallest absolute Gasteiger partial charge is 0.389 e. The molecule has 2 heterocycles. The van der Waals surface area contributed by atoms with Crippen molar-refractivity contribution in [1.29, 1.82) is 0 Å². The molecule has 0 radical (unpaired) electrons. The topological polar surface area (TPSA) is 71.2 Å². The first-order valence-electron chi connectivity index (χ1n) is 7.73. The predicted octanol–water partition coefficient (Wildman–Crippen LogP) is 2.90. The lowest BCUT2D eigenvalue weighted by Crippen LogP contribution is -2.39. The van der Waals surface area contributed by atoms with E-state index in [1.807, 2.05) is 6.92 Å². The molecule has 0 atom stereocenters. The summed E-state index contributed by atoms with van der Waals surface area (Å²) in [6.45, 7) is 5.74. The molecule has 0 aliphatic rings. The van der Waals surface area contributed by atoms with Gasteiger partial charge in [-0.15, -0.1) is 0 Å². The molecule has 0 amide bonds. The van der Waals surface area contributed by atoms with Crippen LogP contribution in [-0.4, -0.2) is 38.6 Å². The van der Waals surface area contributed by atoms with Crippen molar-refractivity contribution in [2.24, 2.45) is 0 Å². The number of halogens is 4. The molecule has 0 saturated carbocycles. The van der Waals surface area contributed by atoms with Gasteiger partial charge in [0.1, 0.15) is 5.02 Å². The first kappa shape index (κ1) is 20.2. The Morgan fingerprint density at radius 1 is 1.27 bits per heavy atom. The van der Waals surface area contributed by atoms with Crippen molar-refractivity contribution in [2.45, 2.75) is 32.5 Å². The number of anilines is 1. The van der Waals surface area contributed by atoms with E-state index in [2.05, 4.69) is 10.1 Å². The highest BCUT2D eigenvalue weighted by atomic mass is 35.5. The van der Waals surface area contributed by atoms with Gasteiger partial charge in [-0.05, 0) is 32.9 Å². The van der Waals surface area contributed by atoms with Crippen LogP contribution in [0.2, 0.25) is 5.02 Å². The summed E-state index contributed by atoms with van der Waals surface area (Å²) in [7, 11) is 0. The van der Waals surface area contributed by atoms with E-state index in [0.29, 0.717) is 18.4 Å². The molecule has 10 heteroatoms. The summed E-state index contributed by atoms with van der Waals surface area (Å²) in [6, 6.07) is 1.85. The van der Waals surface area contributed by atoms with E-state index in [0.717, 1.165) is 16.8 Å². The van der Waals surface area contributed by atoms with E-state index in [9.17, 15) is 23.1 Å². The molecule has 1 N–H and O–H groups in total. The third-order valence-electron chi connectivity index (χ3n) is 3.49. The van der Waals surface area contributed by atoms with Gasteiger partial charge in [0.15, 0.2) is 5.82 Å². The van der Waals surface area contributed by atoms with Crippen molar-refractivity contribution in [1.82, 2.24) is 14.8 Å². The average Bonchev–Trinajstić information content (AvgIpc) is 2.54. The van der Waals surface area contributed by atoms with E-state index >= 15 is 0 Å². The molecule has 0 unspecified atom stereocenters. The van der Waals surface area contributed by atoms with Crippen LogP contribution in [0, 0.1) is 0 Å².